The Bertz CT molecular complexity index is 326. The van der Waals surface area contributed by atoms with Gasteiger partial charge >= 0.3 is 0 Å². The Kier molecular flexibility index (Phi) is 2.45. The van der Waals surface area contributed by atoms with E-state index in [-0.39, 0.29) is 5.91 Å². The number of β-amino-alcohol motifs (C(OH)–C–C–N with tert-alkyl or cyclic N) is 1. The summed E-state index contributed by atoms with van der Waals surface area (Å²) in [6.45, 7) is 0.357. The van der Waals surface area contributed by atoms with E-state index in [1.807, 2.05) is 6.07 Å². The Morgan fingerprint density at radius 2 is 2.36 bits per heavy atom. The van der Waals surface area contributed by atoms with E-state index in [0.29, 0.717) is 25.2 Å². The van der Waals surface area contributed by atoms with Gasteiger partial charge < -0.3 is 5.11 Å². The van der Waals surface area contributed by atoms with Crippen molar-refractivity contribution in [3.05, 3.63) is 24.4 Å². The molecule has 1 aromatic heterocycles. The molecule has 1 N–H and O–H groups in total. The molecule has 0 saturated carbocycles. The molecule has 1 amide bonds. The Morgan fingerprint density at radius 1 is 1.50 bits per heavy atom. The van der Waals surface area contributed by atoms with Crippen molar-refractivity contribution in [3.8, 4) is 0 Å². The zero-order chi connectivity index (χ0) is 9.97. The van der Waals surface area contributed by atoms with E-state index in [4.69, 9.17) is 0 Å². The first kappa shape index (κ1) is 9.15. The number of rotatable bonds is 1. The van der Waals surface area contributed by atoms with Crippen molar-refractivity contribution in [2.24, 2.45) is 0 Å². The van der Waals surface area contributed by atoms with Crippen molar-refractivity contribution >= 4 is 11.7 Å². The van der Waals surface area contributed by atoms with Gasteiger partial charge in [0.25, 0.3) is 0 Å². The van der Waals surface area contributed by atoms with Crippen molar-refractivity contribution < 1.29 is 9.90 Å². The second-order valence-electron chi connectivity index (χ2n) is 3.38. The van der Waals surface area contributed by atoms with Gasteiger partial charge in [0.05, 0.1) is 12.6 Å². The van der Waals surface area contributed by atoms with Gasteiger partial charge in [-0.15, -0.1) is 0 Å². The molecule has 4 nitrogen and oxygen atoms in total. The Hall–Kier alpha value is -1.42. The summed E-state index contributed by atoms with van der Waals surface area (Å²) >= 11 is 0. The number of hydrogen-bond donors (Lipinski definition) is 1. The second-order valence-corrected chi connectivity index (χ2v) is 3.38. The lowest BCUT2D eigenvalue weighted by atomic mass is 10.1. The number of nitrogens with zero attached hydrogens (tertiary/aromatic N) is 2. The first-order chi connectivity index (χ1) is 6.77. The van der Waals surface area contributed by atoms with Crippen LogP contribution in [0.4, 0.5) is 5.82 Å². The molecular formula is C10H12N2O2. The number of pyridine rings is 1. The van der Waals surface area contributed by atoms with Crippen molar-refractivity contribution in [1.29, 1.82) is 0 Å². The van der Waals surface area contributed by atoms with Crippen LogP contribution in [0.1, 0.15) is 12.8 Å². The van der Waals surface area contributed by atoms with E-state index in [2.05, 4.69) is 4.98 Å². The number of carbonyl (C=O) groups is 1. The van der Waals surface area contributed by atoms with Crippen LogP contribution in [-0.2, 0) is 4.79 Å². The molecule has 2 heterocycles. The third-order valence-corrected chi connectivity index (χ3v) is 2.31. The third-order valence-electron chi connectivity index (χ3n) is 2.31. The summed E-state index contributed by atoms with van der Waals surface area (Å²) in [6.07, 6.45) is 2.18. The average molecular weight is 192 g/mol. The van der Waals surface area contributed by atoms with Crippen LogP contribution in [0.25, 0.3) is 0 Å². The Labute approximate surface area is 82.2 Å². The van der Waals surface area contributed by atoms with Crippen molar-refractivity contribution in [1.82, 2.24) is 4.98 Å². The van der Waals surface area contributed by atoms with Crippen LogP contribution in [0.15, 0.2) is 24.4 Å². The Morgan fingerprint density at radius 3 is 3.07 bits per heavy atom. The van der Waals surface area contributed by atoms with E-state index in [1.54, 1.807) is 18.3 Å². The van der Waals surface area contributed by atoms with Gasteiger partial charge in [-0.2, -0.15) is 0 Å². The number of aromatic nitrogens is 1. The lowest BCUT2D eigenvalue weighted by Crippen LogP contribution is -2.42. The summed E-state index contributed by atoms with van der Waals surface area (Å²) < 4.78 is 0. The van der Waals surface area contributed by atoms with Crippen LogP contribution < -0.4 is 4.90 Å². The van der Waals surface area contributed by atoms with Gasteiger partial charge in [0.1, 0.15) is 5.82 Å². The van der Waals surface area contributed by atoms with Gasteiger partial charge in [-0.05, 0) is 18.6 Å². The summed E-state index contributed by atoms with van der Waals surface area (Å²) in [5, 5.41) is 9.44. The molecule has 1 unspecified atom stereocenters. The SMILES string of the molecule is O=C1CCC(O)CN1c1ccccn1. The number of aliphatic hydroxyl groups excluding tert-OH is 1. The smallest absolute Gasteiger partial charge is 0.228 e. The predicted molar refractivity (Wildman–Crippen MR) is 51.8 cm³/mol. The van der Waals surface area contributed by atoms with Gasteiger partial charge in [0, 0.05) is 12.6 Å². The zero-order valence-electron chi connectivity index (χ0n) is 7.76. The van der Waals surface area contributed by atoms with E-state index >= 15 is 0 Å². The van der Waals surface area contributed by atoms with Crippen LogP contribution in [-0.4, -0.2) is 28.6 Å². The number of carbonyl (C=O) groups excluding carboxylic acids is 1. The summed E-state index contributed by atoms with van der Waals surface area (Å²) in [6, 6.07) is 5.40. The molecule has 1 aliphatic heterocycles. The van der Waals surface area contributed by atoms with Crippen molar-refractivity contribution in [2.45, 2.75) is 18.9 Å². The van der Waals surface area contributed by atoms with Gasteiger partial charge in [0.2, 0.25) is 5.91 Å². The highest BCUT2D eigenvalue weighted by atomic mass is 16.3. The van der Waals surface area contributed by atoms with E-state index in [9.17, 15) is 9.90 Å². The predicted octanol–water partition coefficient (Wildman–Crippen LogP) is 0.569. The molecule has 0 aromatic carbocycles. The molecule has 0 spiro atoms. The summed E-state index contributed by atoms with van der Waals surface area (Å²) in [7, 11) is 0. The molecule has 2 rings (SSSR count). The van der Waals surface area contributed by atoms with Crippen LogP contribution >= 0.6 is 0 Å². The van der Waals surface area contributed by atoms with Crippen LogP contribution in [0.2, 0.25) is 0 Å². The molecule has 1 aliphatic rings. The highest BCUT2D eigenvalue weighted by Gasteiger charge is 2.25. The molecular weight excluding hydrogens is 180 g/mol. The summed E-state index contributed by atoms with van der Waals surface area (Å²) in [5.41, 5.74) is 0. The minimum Gasteiger partial charge on any atom is -0.391 e. The highest BCUT2D eigenvalue weighted by molar-refractivity contribution is 5.93. The lowest BCUT2D eigenvalue weighted by molar-refractivity contribution is -0.121. The number of amides is 1. The third kappa shape index (κ3) is 1.75. The highest BCUT2D eigenvalue weighted by Crippen LogP contribution is 2.17. The maximum absolute atomic E-state index is 11.5. The minimum absolute atomic E-state index is 0.0361. The van der Waals surface area contributed by atoms with Gasteiger partial charge in [-0.1, -0.05) is 6.07 Å². The van der Waals surface area contributed by atoms with Crippen LogP contribution in [0, 0.1) is 0 Å². The molecule has 0 bridgehead atoms. The fraction of sp³-hybridized carbons (Fsp3) is 0.400. The fourth-order valence-electron chi connectivity index (χ4n) is 1.56. The fourth-order valence-corrected chi connectivity index (χ4v) is 1.56. The molecule has 0 aliphatic carbocycles. The topological polar surface area (TPSA) is 53.4 Å². The van der Waals surface area contributed by atoms with Crippen LogP contribution in [0.5, 0.6) is 0 Å². The molecule has 1 aromatic rings. The second kappa shape index (κ2) is 3.75. The van der Waals surface area contributed by atoms with E-state index in [1.165, 1.54) is 4.90 Å². The minimum atomic E-state index is -0.422. The molecule has 74 valence electrons. The number of anilines is 1. The Balaban J connectivity index is 2.20. The van der Waals surface area contributed by atoms with Gasteiger partial charge in [-0.25, -0.2) is 4.98 Å². The quantitative estimate of drug-likeness (QED) is 0.707. The summed E-state index contributed by atoms with van der Waals surface area (Å²) in [5.74, 6) is 0.658. The molecule has 1 atom stereocenters. The first-order valence-corrected chi connectivity index (χ1v) is 4.67. The largest absolute Gasteiger partial charge is 0.391 e. The molecule has 4 heteroatoms. The van der Waals surface area contributed by atoms with Crippen molar-refractivity contribution in [2.75, 3.05) is 11.4 Å². The van der Waals surface area contributed by atoms with Gasteiger partial charge in [-0.3, -0.25) is 9.69 Å². The van der Waals surface area contributed by atoms with Crippen molar-refractivity contribution in [3.63, 3.8) is 0 Å². The molecule has 14 heavy (non-hydrogen) atoms. The zero-order valence-corrected chi connectivity index (χ0v) is 7.76. The maximum atomic E-state index is 11.5. The van der Waals surface area contributed by atoms with E-state index in [0.717, 1.165) is 0 Å². The first-order valence-electron chi connectivity index (χ1n) is 4.67. The normalized spacial score (nSPS) is 22.5. The monoisotopic (exact) mass is 192 g/mol. The molecule has 1 saturated heterocycles. The maximum Gasteiger partial charge on any atom is 0.228 e. The number of hydrogen-bond acceptors (Lipinski definition) is 3. The van der Waals surface area contributed by atoms with E-state index < -0.39 is 6.10 Å². The van der Waals surface area contributed by atoms with Gasteiger partial charge in [0.15, 0.2) is 0 Å². The molecule has 0 radical (unpaired) electrons. The lowest BCUT2D eigenvalue weighted by Gasteiger charge is -2.28. The summed E-state index contributed by atoms with van der Waals surface area (Å²) in [4.78, 5) is 17.1. The molecule has 1 fully saturated rings. The number of piperidine rings is 1. The standard InChI is InChI=1S/C10H12N2O2/c13-8-4-5-10(14)12(7-8)9-3-1-2-6-11-9/h1-3,6,8,13H,4-5,7H2. The van der Waals surface area contributed by atoms with Crippen LogP contribution in [0.3, 0.4) is 0 Å². The number of aliphatic hydroxyl groups is 1. The average Bonchev–Trinajstić information content (AvgIpc) is 2.23.